The number of methoxy groups -OCH3 is 2. The second kappa shape index (κ2) is 8.89. The quantitative estimate of drug-likeness (QED) is 0.425. The van der Waals surface area contributed by atoms with E-state index < -0.39 is 15.9 Å². The van der Waals surface area contributed by atoms with Crippen LogP contribution < -0.4 is 20.3 Å². The number of nitrogens with one attached hydrogen (secondary N) is 2. The highest BCUT2D eigenvalue weighted by molar-refractivity contribution is 7.89. The van der Waals surface area contributed by atoms with Crippen LogP contribution in [0.5, 0.6) is 11.5 Å². The number of hydrogen-bond acceptors (Lipinski definition) is 7. The Bertz CT molecular complexity index is 960. The fraction of sp³-hybridized carbons (Fsp3) is 0.579. The Morgan fingerprint density at radius 2 is 1.84 bits per heavy atom. The van der Waals surface area contributed by atoms with E-state index >= 15 is 0 Å². The van der Waals surface area contributed by atoms with Gasteiger partial charge in [-0.05, 0) is 38.8 Å². The van der Waals surface area contributed by atoms with Crippen molar-refractivity contribution in [2.75, 3.05) is 27.3 Å². The van der Waals surface area contributed by atoms with E-state index in [1.54, 1.807) is 4.90 Å². The average molecular weight is 457 g/mol. The van der Waals surface area contributed by atoms with Gasteiger partial charge < -0.3 is 19.7 Å². The molecule has 2 heterocycles. The number of amides is 3. The minimum absolute atomic E-state index is 0.0198. The van der Waals surface area contributed by atoms with Crippen molar-refractivity contribution in [2.45, 2.75) is 49.7 Å². The number of rotatable bonds is 6. The van der Waals surface area contributed by atoms with Gasteiger partial charge in [-0.2, -0.15) is 4.31 Å². The van der Waals surface area contributed by atoms with Gasteiger partial charge in [0, 0.05) is 25.2 Å². The van der Waals surface area contributed by atoms with E-state index in [1.165, 1.54) is 36.1 Å². The lowest BCUT2D eigenvalue weighted by molar-refractivity contribution is 0.0698. The lowest BCUT2D eigenvalue weighted by Crippen LogP contribution is -2.49. The molecule has 12 heteroatoms. The maximum absolute atomic E-state index is 13.4. The first-order chi connectivity index (χ1) is 14.7. The molecule has 11 nitrogen and oxygen atoms in total. The SMILES string of the molecule is COc1ccc(S(=O)(=O)N2CCC(N3C(=O)NC(C)C3C)CC2)c(C(=O)NO)c1OC. The summed E-state index contributed by atoms with van der Waals surface area (Å²) in [6.45, 7) is 4.28. The van der Waals surface area contributed by atoms with Gasteiger partial charge in [0.25, 0.3) is 5.91 Å². The summed E-state index contributed by atoms with van der Waals surface area (Å²) in [7, 11) is -1.45. The van der Waals surface area contributed by atoms with Gasteiger partial charge in [-0.25, -0.2) is 18.7 Å². The number of sulfonamides is 1. The van der Waals surface area contributed by atoms with Crippen LogP contribution in [0.3, 0.4) is 0 Å². The van der Waals surface area contributed by atoms with Crippen LogP contribution in [-0.4, -0.2) is 80.2 Å². The van der Waals surface area contributed by atoms with Gasteiger partial charge in [0.15, 0.2) is 11.5 Å². The molecule has 0 radical (unpaired) electrons. The molecule has 1 aromatic carbocycles. The van der Waals surface area contributed by atoms with Crippen molar-refractivity contribution in [2.24, 2.45) is 0 Å². The fourth-order valence-corrected chi connectivity index (χ4v) is 5.86. The molecule has 172 valence electrons. The zero-order valence-corrected chi connectivity index (χ0v) is 18.7. The van der Waals surface area contributed by atoms with Gasteiger partial charge >= 0.3 is 6.03 Å². The van der Waals surface area contributed by atoms with E-state index in [2.05, 4.69) is 5.32 Å². The van der Waals surface area contributed by atoms with E-state index in [0.29, 0.717) is 12.8 Å². The van der Waals surface area contributed by atoms with Crippen LogP contribution in [-0.2, 0) is 10.0 Å². The maximum atomic E-state index is 13.4. The predicted molar refractivity (Wildman–Crippen MR) is 110 cm³/mol. The molecule has 1 aromatic rings. The van der Waals surface area contributed by atoms with E-state index in [4.69, 9.17) is 14.7 Å². The minimum atomic E-state index is -4.08. The van der Waals surface area contributed by atoms with Gasteiger partial charge in [-0.1, -0.05) is 0 Å². The summed E-state index contributed by atoms with van der Waals surface area (Å²) < 4.78 is 38.4. The van der Waals surface area contributed by atoms with Gasteiger partial charge in [0.05, 0.1) is 25.2 Å². The standard InChI is InChI=1S/C19H28N4O7S/c1-11-12(2)23(19(25)20-11)13-7-9-22(10-8-13)31(27,28)15-6-5-14(29-3)17(30-4)16(15)18(24)21-26/h5-6,11-13,26H,7-10H2,1-4H3,(H,20,25)(H,21,24). The summed E-state index contributed by atoms with van der Waals surface area (Å²) in [6, 6.07) is 2.49. The molecule has 0 saturated carbocycles. The lowest BCUT2D eigenvalue weighted by atomic mass is 10.0. The molecule has 3 N–H and O–H groups in total. The number of carbonyl (C=O) groups is 2. The second-order valence-electron chi connectivity index (χ2n) is 7.64. The molecule has 2 fully saturated rings. The summed E-state index contributed by atoms with van der Waals surface area (Å²) in [5, 5.41) is 12.0. The third-order valence-corrected chi connectivity index (χ3v) is 7.96. The topological polar surface area (TPSA) is 138 Å². The van der Waals surface area contributed by atoms with Crippen molar-refractivity contribution < 1.29 is 32.7 Å². The molecule has 0 spiro atoms. The van der Waals surface area contributed by atoms with Crippen LogP contribution in [0, 0.1) is 0 Å². The van der Waals surface area contributed by atoms with E-state index in [1.807, 2.05) is 13.8 Å². The molecule has 2 aliphatic rings. The third kappa shape index (κ3) is 4.02. The van der Waals surface area contributed by atoms with Crippen LogP contribution in [0.2, 0.25) is 0 Å². The number of benzene rings is 1. The smallest absolute Gasteiger partial charge is 0.318 e. The minimum Gasteiger partial charge on any atom is -0.493 e. The number of hydrogen-bond donors (Lipinski definition) is 3. The zero-order chi connectivity index (χ0) is 22.9. The van der Waals surface area contributed by atoms with Crippen molar-refractivity contribution in [1.29, 1.82) is 0 Å². The van der Waals surface area contributed by atoms with E-state index in [9.17, 15) is 18.0 Å². The number of ether oxygens (including phenoxy) is 2. The van der Waals surface area contributed by atoms with Gasteiger partial charge in [0.1, 0.15) is 5.56 Å². The van der Waals surface area contributed by atoms with E-state index in [0.717, 1.165) is 0 Å². The molecule has 3 amide bonds. The Balaban J connectivity index is 1.88. The van der Waals surface area contributed by atoms with Crippen LogP contribution in [0.15, 0.2) is 17.0 Å². The summed E-state index contributed by atoms with van der Waals surface area (Å²) in [4.78, 5) is 26.1. The number of carbonyl (C=O) groups excluding carboxylic acids is 2. The van der Waals surface area contributed by atoms with Gasteiger partial charge in [-0.15, -0.1) is 0 Å². The van der Waals surface area contributed by atoms with Crippen LogP contribution in [0.4, 0.5) is 4.79 Å². The summed E-state index contributed by atoms with van der Waals surface area (Å²) in [5.74, 6) is -0.968. The monoisotopic (exact) mass is 456 g/mol. The summed E-state index contributed by atoms with van der Waals surface area (Å²) >= 11 is 0. The molecule has 2 aliphatic heterocycles. The summed E-state index contributed by atoms with van der Waals surface area (Å²) in [5.41, 5.74) is 1.13. The molecule has 3 rings (SSSR count). The van der Waals surface area contributed by atoms with Gasteiger partial charge in [0.2, 0.25) is 10.0 Å². The Morgan fingerprint density at radius 3 is 2.32 bits per heavy atom. The molecule has 31 heavy (non-hydrogen) atoms. The number of piperidine rings is 1. The van der Waals surface area contributed by atoms with E-state index in [-0.39, 0.29) is 59.2 Å². The zero-order valence-electron chi connectivity index (χ0n) is 17.9. The first-order valence-electron chi connectivity index (χ1n) is 9.95. The summed E-state index contributed by atoms with van der Waals surface area (Å²) in [6.07, 6.45) is 0.942. The fourth-order valence-electron chi connectivity index (χ4n) is 4.21. The molecular formula is C19H28N4O7S. The highest BCUT2D eigenvalue weighted by atomic mass is 32.2. The van der Waals surface area contributed by atoms with Gasteiger partial charge in [-0.3, -0.25) is 10.0 Å². The Labute approximate surface area is 181 Å². The third-order valence-electron chi connectivity index (χ3n) is 6.02. The second-order valence-corrected chi connectivity index (χ2v) is 9.54. The number of nitrogens with zero attached hydrogens (tertiary/aromatic N) is 2. The first-order valence-corrected chi connectivity index (χ1v) is 11.4. The Hall–Kier alpha value is -2.57. The number of urea groups is 1. The predicted octanol–water partition coefficient (Wildman–Crippen LogP) is 0.778. The Kier molecular flexibility index (Phi) is 6.62. The lowest BCUT2D eigenvalue weighted by Gasteiger charge is -2.37. The van der Waals surface area contributed by atoms with Crippen molar-refractivity contribution >= 4 is 22.0 Å². The molecule has 0 aliphatic carbocycles. The van der Waals surface area contributed by atoms with Crippen LogP contribution in [0.25, 0.3) is 0 Å². The molecule has 0 aromatic heterocycles. The maximum Gasteiger partial charge on any atom is 0.318 e. The van der Waals surface area contributed by atoms with Crippen LogP contribution >= 0.6 is 0 Å². The number of hydroxylamine groups is 1. The molecule has 2 atom stereocenters. The van der Waals surface area contributed by atoms with Crippen molar-refractivity contribution in [3.63, 3.8) is 0 Å². The average Bonchev–Trinajstić information content (AvgIpc) is 3.03. The normalized spacial score (nSPS) is 22.9. The van der Waals surface area contributed by atoms with Crippen LogP contribution in [0.1, 0.15) is 37.0 Å². The molecule has 2 unspecified atom stereocenters. The molecule has 2 saturated heterocycles. The molecule has 0 bridgehead atoms. The van der Waals surface area contributed by atoms with Crippen molar-refractivity contribution in [1.82, 2.24) is 20.0 Å². The molecular weight excluding hydrogens is 428 g/mol. The first kappa shape index (κ1) is 23.1. The van der Waals surface area contributed by atoms with Crippen molar-refractivity contribution in [3.05, 3.63) is 17.7 Å². The highest BCUT2D eigenvalue weighted by Crippen LogP contribution is 2.37. The van der Waals surface area contributed by atoms with Crippen molar-refractivity contribution in [3.8, 4) is 11.5 Å². The largest absolute Gasteiger partial charge is 0.493 e. The highest BCUT2D eigenvalue weighted by Gasteiger charge is 2.41. The Morgan fingerprint density at radius 1 is 1.19 bits per heavy atom.